The molecule has 0 saturated carbocycles. The van der Waals surface area contributed by atoms with Gasteiger partial charge in [-0.2, -0.15) is 11.3 Å². The monoisotopic (exact) mass is 249 g/mol. The number of benzene rings is 1. The van der Waals surface area contributed by atoms with Crippen molar-refractivity contribution >= 4 is 11.3 Å². The second-order valence-corrected chi connectivity index (χ2v) is 4.78. The summed E-state index contributed by atoms with van der Waals surface area (Å²) >= 11 is 1.67. The number of nitrogens with one attached hydrogen (secondary N) is 1. The van der Waals surface area contributed by atoms with Gasteiger partial charge in [-0.15, -0.1) is 0 Å². The van der Waals surface area contributed by atoms with Gasteiger partial charge >= 0.3 is 0 Å². The van der Waals surface area contributed by atoms with Crippen LogP contribution in [0.2, 0.25) is 0 Å². The Bertz CT molecular complexity index is 453. The molecule has 1 nitrogen and oxygen atoms in total. The Kier molecular flexibility index (Phi) is 4.29. The average molecular weight is 249 g/mol. The van der Waals surface area contributed by atoms with Gasteiger partial charge in [0.2, 0.25) is 0 Å². The number of hydrogen-bond acceptors (Lipinski definition) is 2. The molecule has 1 unspecified atom stereocenters. The zero-order valence-electron chi connectivity index (χ0n) is 9.82. The standard InChI is InChI=1S/C14H16FNS/c1-2-7-16-14(12-6-8-17-10-12)11-4-3-5-13(15)9-11/h3-6,8-10,14,16H,2,7H2,1H3. The van der Waals surface area contributed by atoms with Crippen molar-refractivity contribution in [2.45, 2.75) is 19.4 Å². The summed E-state index contributed by atoms with van der Waals surface area (Å²) in [5.41, 5.74) is 2.19. The van der Waals surface area contributed by atoms with Crippen LogP contribution in [0.3, 0.4) is 0 Å². The van der Waals surface area contributed by atoms with E-state index < -0.39 is 0 Å². The van der Waals surface area contributed by atoms with Gasteiger partial charge in [0.05, 0.1) is 6.04 Å². The molecule has 0 aliphatic heterocycles. The molecule has 2 rings (SSSR count). The van der Waals surface area contributed by atoms with Crippen molar-refractivity contribution in [1.82, 2.24) is 5.32 Å². The highest BCUT2D eigenvalue weighted by Gasteiger charge is 2.13. The van der Waals surface area contributed by atoms with E-state index in [2.05, 4.69) is 29.1 Å². The van der Waals surface area contributed by atoms with Gasteiger partial charge in [-0.1, -0.05) is 19.1 Å². The minimum Gasteiger partial charge on any atom is -0.306 e. The molecule has 0 aliphatic rings. The van der Waals surface area contributed by atoms with Crippen molar-refractivity contribution < 1.29 is 4.39 Å². The fraction of sp³-hybridized carbons (Fsp3) is 0.286. The van der Waals surface area contributed by atoms with Crippen LogP contribution in [0.4, 0.5) is 4.39 Å². The van der Waals surface area contributed by atoms with E-state index in [4.69, 9.17) is 0 Å². The largest absolute Gasteiger partial charge is 0.306 e. The normalized spacial score (nSPS) is 12.6. The molecular formula is C14H16FNS. The topological polar surface area (TPSA) is 12.0 Å². The van der Waals surface area contributed by atoms with Crippen LogP contribution < -0.4 is 5.32 Å². The highest BCUT2D eigenvalue weighted by atomic mass is 32.1. The van der Waals surface area contributed by atoms with Gasteiger partial charge in [-0.25, -0.2) is 4.39 Å². The Morgan fingerprint density at radius 2 is 2.18 bits per heavy atom. The molecule has 0 saturated heterocycles. The zero-order valence-corrected chi connectivity index (χ0v) is 10.6. The number of halogens is 1. The summed E-state index contributed by atoms with van der Waals surface area (Å²) in [7, 11) is 0. The van der Waals surface area contributed by atoms with E-state index in [0.717, 1.165) is 18.5 Å². The van der Waals surface area contributed by atoms with Gasteiger partial charge in [-0.05, 0) is 53.1 Å². The van der Waals surface area contributed by atoms with Crippen LogP contribution in [0.1, 0.15) is 30.5 Å². The molecule has 0 fully saturated rings. The van der Waals surface area contributed by atoms with Crippen LogP contribution in [0.5, 0.6) is 0 Å². The van der Waals surface area contributed by atoms with Crippen molar-refractivity contribution in [3.05, 3.63) is 58.0 Å². The van der Waals surface area contributed by atoms with Crippen LogP contribution in [-0.4, -0.2) is 6.54 Å². The van der Waals surface area contributed by atoms with Crippen LogP contribution >= 0.6 is 11.3 Å². The van der Waals surface area contributed by atoms with Gasteiger partial charge in [0, 0.05) is 0 Å². The van der Waals surface area contributed by atoms with E-state index in [9.17, 15) is 4.39 Å². The van der Waals surface area contributed by atoms with Crippen LogP contribution in [-0.2, 0) is 0 Å². The van der Waals surface area contributed by atoms with E-state index in [-0.39, 0.29) is 11.9 Å². The Hall–Kier alpha value is -1.19. The molecule has 0 bridgehead atoms. The fourth-order valence-corrected chi connectivity index (χ4v) is 2.53. The van der Waals surface area contributed by atoms with E-state index in [1.165, 1.54) is 11.6 Å². The molecule has 2 aromatic rings. The molecular weight excluding hydrogens is 233 g/mol. The molecule has 0 spiro atoms. The Labute approximate surface area is 105 Å². The van der Waals surface area contributed by atoms with Gasteiger partial charge in [0.1, 0.15) is 5.82 Å². The first-order chi connectivity index (χ1) is 8.31. The molecule has 17 heavy (non-hydrogen) atoms. The van der Waals surface area contributed by atoms with Gasteiger partial charge in [0.25, 0.3) is 0 Å². The molecule has 1 N–H and O–H groups in total. The first kappa shape index (κ1) is 12.3. The minimum atomic E-state index is -0.180. The summed E-state index contributed by atoms with van der Waals surface area (Å²) in [6, 6.07) is 8.99. The molecule has 1 aromatic carbocycles. The van der Waals surface area contributed by atoms with Gasteiger partial charge in [0.15, 0.2) is 0 Å². The lowest BCUT2D eigenvalue weighted by atomic mass is 10.0. The van der Waals surface area contributed by atoms with Crippen molar-refractivity contribution in [2.24, 2.45) is 0 Å². The predicted octanol–water partition coefficient (Wildman–Crippen LogP) is 3.98. The highest BCUT2D eigenvalue weighted by molar-refractivity contribution is 7.08. The first-order valence-electron chi connectivity index (χ1n) is 5.82. The molecule has 3 heteroatoms. The molecule has 1 aromatic heterocycles. The molecule has 1 heterocycles. The van der Waals surface area contributed by atoms with E-state index in [1.54, 1.807) is 23.5 Å². The summed E-state index contributed by atoms with van der Waals surface area (Å²) in [6.45, 7) is 3.06. The van der Waals surface area contributed by atoms with E-state index in [1.807, 2.05) is 6.07 Å². The molecule has 0 amide bonds. The van der Waals surface area contributed by atoms with Crippen molar-refractivity contribution in [3.63, 3.8) is 0 Å². The highest BCUT2D eigenvalue weighted by Crippen LogP contribution is 2.24. The Morgan fingerprint density at radius 1 is 1.29 bits per heavy atom. The Morgan fingerprint density at radius 3 is 2.82 bits per heavy atom. The van der Waals surface area contributed by atoms with Crippen LogP contribution in [0, 0.1) is 5.82 Å². The molecule has 0 radical (unpaired) electrons. The van der Waals surface area contributed by atoms with Crippen molar-refractivity contribution in [2.75, 3.05) is 6.54 Å². The summed E-state index contributed by atoms with van der Waals surface area (Å²) in [4.78, 5) is 0. The summed E-state index contributed by atoms with van der Waals surface area (Å²) in [5, 5.41) is 7.62. The second-order valence-electron chi connectivity index (χ2n) is 4.00. The zero-order chi connectivity index (χ0) is 12.1. The maximum atomic E-state index is 13.3. The Balaban J connectivity index is 2.27. The third kappa shape index (κ3) is 3.14. The summed E-state index contributed by atoms with van der Waals surface area (Å²) in [5.74, 6) is -0.180. The smallest absolute Gasteiger partial charge is 0.123 e. The van der Waals surface area contributed by atoms with Gasteiger partial charge < -0.3 is 5.32 Å². The first-order valence-corrected chi connectivity index (χ1v) is 6.76. The van der Waals surface area contributed by atoms with Gasteiger partial charge in [-0.3, -0.25) is 0 Å². The lowest BCUT2D eigenvalue weighted by Gasteiger charge is -2.18. The quantitative estimate of drug-likeness (QED) is 0.845. The van der Waals surface area contributed by atoms with E-state index >= 15 is 0 Å². The van der Waals surface area contributed by atoms with Crippen molar-refractivity contribution in [3.8, 4) is 0 Å². The predicted molar refractivity (Wildman–Crippen MR) is 70.9 cm³/mol. The molecule has 1 atom stereocenters. The summed E-state index contributed by atoms with van der Waals surface area (Å²) < 4.78 is 13.3. The number of rotatable bonds is 5. The maximum absolute atomic E-state index is 13.3. The lowest BCUT2D eigenvalue weighted by molar-refractivity contribution is 0.586. The number of hydrogen-bond donors (Lipinski definition) is 1. The van der Waals surface area contributed by atoms with Crippen LogP contribution in [0.25, 0.3) is 0 Å². The lowest BCUT2D eigenvalue weighted by Crippen LogP contribution is -2.22. The fourth-order valence-electron chi connectivity index (χ4n) is 1.84. The SMILES string of the molecule is CCCNC(c1ccsc1)c1cccc(F)c1. The summed E-state index contributed by atoms with van der Waals surface area (Å²) in [6.07, 6.45) is 1.07. The van der Waals surface area contributed by atoms with Crippen molar-refractivity contribution in [1.29, 1.82) is 0 Å². The third-order valence-electron chi connectivity index (χ3n) is 2.66. The average Bonchev–Trinajstić information content (AvgIpc) is 2.83. The van der Waals surface area contributed by atoms with Crippen LogP contribution in [0.15, 0.2) is 41.1 Å². The second kappa shape index (κ2) is 5.94. The maximum Gasteiger partial charge on any atom is 0.123 e. The number of thiophene rings is 1. The third-order valence-corrected chi connectivity index (χ3v) is 3.36. The molecule has 0 aliphatic carbocycles. The molecule has 90 valence electrons. The van der Waals surface area contributed by atoms with E-state index in [0.29, 0.717) is 0 Å². The minimum absolute atomic E-state index is 0.0944.